The molecule has 0 aliphatic rings. The SMILES string of the molecule is COc1cccc2cc(C(=O)NCc3nc(-c4cnn(C)c4)no3)oc12. The maximum Gasteiger partial charge on any atom is 0.287 e. The van der Waals surface area contributed by atoms with Crippen LogP contribution in [-0.2, 0) is 13.6 Å². The number of aromatic nitrogens is 4. The van der Waals surface area contributed by atoms with Gasteiger partial charge >= 0.3 is 0 Å². The molecular weight excluding hydrogens is 338 g/mol. The Morgan fingerprint density at radius 3 is 3.04 bits per heavy atom. The van der Waals surface area contributed by atoms with Crippen LogP contribution < -0.4 is 10.1 Å². The molecular formula is C17H15N5O4. The summed E-state index contributed by atoms with van der Waals surface area (Å²) in [4.78, 5) is 16.6. The molecule has 1 amide bonds. The first-order valence-corrected chi connectivity index (χ1v) is 7.80. The second-order valence-electron chi connectivity index (χ2n) is 5.59. The number of hydrogen-bond donors (Lipinski definition) is 1. The van der Waals surface area contributed by atoms with Gasteiger partial charge in [0.2, 0.25) is 11.7 Å². The minimum absolute atomic E-state index is 0.0836. The molecule has 3 aromatic heterocycles. The Hall–Kier alpha value is -3.62. The summed E-state index contributed by atoms with van der Waals surface area (Å²) < 4.78 is 17.6. The molecule has 9 nitrogen and oxygen atoms in total. The fourth-order valence-corrected chi connectivity index (χ4v) is 2.53. The van der Waals surface area contributed by atoms with Crippen molar-refractivity contribution in [3.63, 3.8) is 0 Å². The van der Waals surface area contributed by atoms with Crippen molar-refractivity contribution in [1.82, 2.24) is 25.2 Å². The largest absolute Gasteiger partial charge is 0.493 e. The van der Waals surface area contributed by atoms with Crippen LogP contribution in [0.3, 0.4) is 0 Å². The lowest BCUT2D eigenvalue weighted by Gasteiger charge is -1.99. The van der Waals surface area contributed by atoms with Gasteiger partial charge in [-0.2, -0.15) is 10.1 Å². The number of aryl methyl sites for hydroxylation is 1. The smallest absolute Gasteiger partial charge is 0.287 e. The lowest BCUT2D eigenvalue weighted by atomic mass is 10.2. The van der Waals surface area contributed by atoms with E-state index in [4.69, 9.17) is 13.7 Å². The van der Waals surface area contributed by atoms with Gasteiger partial charge in [-0.25, -0.2) is 0 Å². The Labute approximate surface area is 147 Å². The first-order valence-electron chi connectivity index (χ1n) is 7.80. The summed E-state index contributed by atoms with van der Waals surface area (Å²) in [7, 11) is 3.35. The first-order chi connectivity index (χ1) is 12.6. The van der Waals surface area contributed by atoms with E-state index in [2.05, 4.69) is 20.6 Å². The molecule has 0 bridgehead atoms. The minimum atomic E-state index is -0.385. The third kappa shape index (κ3) is 2.90. The number of hydrogen-bond acceptors (Lipinski definition) is 7. The van der Waals surface area contributed by atoms with Crippen LogP contribution in [0, 0.1) is 0 Å². The third-order valence-corrected chi connectivity index (χ3v) is 3.78. The number of fused-ring (bicyclic) bond motifs is 1. The van der Waals surface area contributed by atoms with Crippen LogP contribution in [0.1, 0.15) is 16.4 Å². The first kappa shape index (κ1) is 15.9. The van der Waals surface area contributed by atoms with Gasteiger partial charge in [0.1, 0.15) is 0 Å². The predicted molar refractivity (Wildman–Crippen MR) is 90.4 cm³/mol. The number of carbonyl (C=O) groups is 1. The number of rotatable bonds is 5. The second kappa shape index (κ2) is 6.36. The van der Waals surface area contributed by atoms with Crippen LogP contribution in [0.25, 0.3) is 22.4 Å². The summed E-state index contributed by atoms with van der Waals surface area (Å²) in [6.07, 6.45) is 3.41. The molecule has 0 saturated heterocycles. The molecule has 9 heteroatoms. The standard InChI is InChI=1S/C17H15N5O4/c1-22-9-11(7-19-22)16-20-14(26-21-16)8-18-17(23)13-6-10-4-3-5-12(24-2)15(10)25-13/h3-7,9H,8H2,1-2H3,(H,18,23). The highest BCUT2D eigenvalue weighted by Gasteiger charge is 2.16. The highest BCUT2D eigenvalue weighted by atomic mass is 16.5. The van der Waals surface area contributed by atoms with E-state index >= 15 is 0 Å². The Balaban J connectivity index is 1.46. The zero-order chi connectivity index (χ0) is 18.1. The molecule has 0 fully saturated rings. The Bertz CT molecular complexity index is 1080. The van der Waals surface area contributed by atoms with Gasteiger partial charge in [0.25, 0.3) is 5.91 Å². The van der Waals surface area contributed by atoms with Gasteiger partial charge in [0.05, 0.1) is 25.4 Å². The summed E-state index contributed by atoms with van der Waals surface area (Å²) in [6, 6.07) is 7.10. The fourth-order valence-electron chi connectivity index (χ4n) is 2.53. The van der Waals surface area contributed by atoms with Crippen LogP contribution in [0.2, 0.25) is 0 Å². The van der Waals surface area contributed by atoms with E-state index in [1.54, 1.807) is 43.4 Å². The van der Waals surface area contributed by atoms with E-state index in [-0.39, 0.29) is 24.1 Å². The van der Waals surface area contributed by atoms with Gasteiger partial charge in [-0.1, -0.05) is 17.3 Å². The minimum Gasteiger partial charge on any atom is -0.493 e. The van der Waals surface area contributed by atoms with E-state index in [1.807, 2.05) is 12.1 Å². The van der Waals surface area contributed by atoms with E-state index in [0.717, 1.165) is 10.9 Å². The molecule has 1 N–H and O–H groups in total. The maximum atomic E-state index is 12.3. The quantitative estimate of drug-likeness (QED) is 0.585. The normalized spacial score (nSPS) is 11.0. The highest BCUT2D eigenvalue weighted by Crippen LogP contribution is 2.28. The van der Waals surface area contributed by atoms with Gasteiger partial charge in [-0.3, -0.25) is 9.48 Å². The number of carbonyl (C=O) groups excluding carboxylic acids is 1. The topological polar surface area (TPSA) is 108 Å². The van der Waals surface area contributed by atoms with Crippen LogP contribution in [0.5, 0.6) is 5.75 Å². The van der Waals surface area contributed by atoms with Gasteiger partial charge in [-0.05, 0) is 12.1 Å². The van der Waals surface area contributed by atoms with Gasteiger partial charge in [0.15, 0.2) is 17.1 Å². The number of nitrogens with one attached hydrogen (secondary N) is 1. The Kier molecular flexibility index (Phi) is 3.88. The number of nitrogens with zero attached hydrogens (tertiary/aromatic N) is 4. The molecule has 0 saturated carbocycles. The second-order valence-corrected chi connectivity index (χ2v) is 5.59. The van der Waals surface area contributed by atoms with E-state index in [0.29, 0.717) is 17.2 Å². The zero-order valence-electron chi connectivity index (χ0n) is 14.1. The highest BCUT2D eigenvalue weighted by molar-refractivity contribution is 5.97. The monoisotopic (exact) mass is 353 g/mol. The molecule has 0 aliphatic carbocycles. The molecule has 4 aromatic rings. The Morgan fingerprint density at radius 2 is 2.27 bits per heavy atom. The number of furan rings is 1. The van der Waals surface area contributed by atoms with E-state index in [1.165, 1.54) is 0 Å². The van der Waals surface area contributed by atoms with Gasteiger partial charge in [-0.15, -0.1) is 0 Å². The van der Waals surface area contributed by atoms with Crippen molar-refractivity contribution < 1.29 is 18.5 Å². The molecule has 26 heavy (non-hydrogen) atoms. The lowest BCUT2D eigenvalue weighted by molar-refractivity contribution is 0.0920. The average molecular weight is 353 g/mol. The summed E-state index contributed by atoms with van der Waals surface area (Å²) in [5.74, 6) is 1.06. The molecule has 0 atom stereocenters. The number of para-hydroxylation sites is 1. The molecule has 132 valence electrons. The van der Waals surface area contributed by atoms with Crippen molar-refractivity contribution in [2.24, 2.45) is 7.05 Å². The maximum absolute atomic E-state index is 12.3. The summed E-state index contributed by atoms with van der Waals surface area (Å²) >= 11 is 0. The summed E-state index contributed by atoms with van der Waals surface area (Å²) in [5.41, 5.74) is 1.26. The number of methoxy groups -OCH3 is 1. The lowest BCUT2D eigenvalue weighted by Crippen LogP contribution is -2.22. The van der Waals surface area contributed by atoms with E-state index < -0.39 is 0 Å². The van der Waals surface area contributed by atoms with Crippen molar-refractivity contribution in [3.05, 3.63) is 48.3 Å². The molecule has 4 rings (SSSR count). The molecule has 1 aromatic carbocycles. The molecule has 0 aliphatic heterocycles. The zero-order valence-corrected chi connectivity index (χ0v) is 14.1. The molecule has 0 unspecified atom stereocenters. The van der Waals surface area contributed by atoms with Crippen LogP contribution in [0.4, 0.5) is 0 Å². The van der Waals surface area contributed by atoms with Crippen molar-refractivity contribution in [2.75, 3.05) is 7.11 Å². The number of benzene rings is 1. The van der Waals surface area contributed by atoms with Gasteiger partial charge in [0, 0.05) is 18.6 Å². The van der Waals surface area contributed by atoms with Gasteiger partial charge < -0.3 is 19.0 Å². The van der Waals surface area contributed by atoms with Crippen LogP contribution >= 0.6 is 0 Å². The van der Waals surface area contributed by atoms with Crippen LogP contribution in [0.15, 0.2) is 45.6 Å². The van der Waals surface area contributed by atoms with E-state index in [9.17, 15) is 4.79 Å². The van der Waals surface area contributed by atoms with Crippen LogP contribution in [-0.4, -0.2) is 32.9 Å². The predicted octanol–water partition coefficient (Wildman–Crippen LogP) is 2.15. The third-order valence-electron chi connectivity index (χ3n) is 3.78. The molecule has 3 heterocycles. The number of amides is 1. The van der Waals surface area contributed by atoms with Crippen molar-refractivity contribution in [3.8, 4) is 17.1 Å². The molecule has 0 radical (unpaired) electrons. The van der Waals surface area contributed by atoms with Crippen molar-refractivity contribution in [1.29, 1.82) is 0 Å². The van der Waals surface area contributed by atoms with Crippen molar-refractivity contribution >= 4 is 16.9 Å². The number of ether oxygens (including phenoxy) is 1. The van der Waals surface area contributed by atoms with Crippen molar-refractivity contribution in [2.45, 2.75) is 6.54 Å². The summed E-state index contributed by atoms with van der Waals surface area (Å²) in [6.45, 7) is 0.0836. The fraction of sp³-hybridized carbons (Fsp3) is 0.176. The summed E-state index contributed by atoms with van der Waals surface area (Å²) in [5, 5.41) is 11.4. The molecule has 0 spiro atoms. The average Bonchev–Trinajstić information content (AvgIpc) is 3.37. The Morgan fingerprint density at radius 1 is 1.38 bits per heavy atom.